The van der Waals surface area contributed by atoms with Crippen molar-refractivity contribution in [3.05, 3.63) is 88.1 Å². The number of halogens is 2. The minimum atomic E-state index is -0.254. The predicted molar refractivity (Wildman–Crippen MR) is 130 cm³/mol. The van der Waals surface area contributed by atoms with Crippen LogP contribution in [0.3, 0.4) is 0 Å². The molecule has 0 aliphatic heterocycles. The van der Waals surface area contributed by atoms with Gasteiger partial charge in [-0.3, -0.25) is 14.3 Å². The zero-order valence-corrected chi connectivity index (χ0v) is 19.7. The van der Waals surface area contributed by atoms with Crippen LogP contribution in [0.15, 0.2) is 87.8 Å². The van der Waals surface area contributed by atoms with Crippen molar-refractivity contribution >= 4 is 51.4 Å². The fourth-order valence-corrected chi connectivity index (χ4v) is 3.90. The topological polar surface area (TPSA) is 85.1 Å². The Morgan fingerprint density at radius 3 is 2.50 bits per heavy atom. The summed E-state index contributed by atoms with van der Waals surface area (Å²) in [6.45, 7) is 0. The molecule has 0 saturated heterocycles. The highest BCUT2D eigenvalue weighted by Gasteiger charge is 2.17. The van der Waals surface area contributed by atoms with Crippen molar-refractivity contribution in [2.45, 2.75) is 5.16 Å². The van der Waals surface area contributed by atoms with Gasteiger partial charge in [-0.25, -0.2) is 5.43 Å². The maximum atomic E-state index is 12.3. The molecular weight excluding hydrogens is 512 g/mol. The van der Waals surface area contributed by atoms with Gasteiger partial charge in [0.05, 0.1) is 12.0 Å². The van der Waals surface area contributed by atoms with E-state index in [0.717, 1.165) is 21.3 Å². The standard InChI is InChI=1S/C22H16BrClN6OS/c23-17-3-7-19(8-4-17)30-21(16-9-11-25-12-10-16)28-29-22(30)32-14-20(31)27-26-13-15-1-5-18(24)6-2-15/h1-13H,14H2,(H,27,31). The van der Waals surface area contributed by atoms with Gasteiger partial charge in [0.1, 0.15) is 0 Å². The van der Waals surface area contributed by atoms with Crippen LogP contribution in [-0.4, -0.2) is 37.6 Å². The lowest BCUT2D eigenvalue weighted by Gasteiger charge is -2.10. The van der Waals surface area contributed by atoms with E-state index in [1.54, 1.807) is 30.7 Å². The molecule has 0 radical (unpaired) electrons. The van der Waals surface area contributed by atoms with Crippen molar-refractivity contribution in [3.8, 4) is 17.1 Å². The van der Waals surface area contributed by atoms with Crippen LogP contribution >= 0.6 is 39.3 Å². The number of pyridine rings is 1. The molecule has 2 heterocycles. The number of carbonyl (C=O) groups is 1. The summed E-state index contributed by atoms with van der Waals surface area (Å²) >= 11 is 10.6. The fourth-order valence-electron chi connectivity index (χ4n) is 2.76. The number of amides is 1. The number of aromatic nitrogens is 4. The monoisotopic (exact) mass is 526 g/mol. The van der Waals surface area contributed by atoms with E-state index in [4.69, 9.17) is 11.6 Å². The second-order valence-corrected chi connectivity index (χ2v) is 8.78. The second kappa shape index (κ2) is 10.5. The Bertz CT molecular complexity index is 1230. The smallest absolute Gasteiger partial charge is 0.250 e. The maximum absolute atomic E-state index is 12.3. The van der Waals surface area contributed by atoms with Crippen molar-refractivity contribution in [2.24, 2.45) is 5.10 Å². The summed E-state index contributed by atoms with van der Waals surface area (Å²) in [6.07, 6.45) is 4.97. The summed E-state index contributed by atoms with van der Waals surface area (Å²) in [5, 5.41) is 13.9. The van der Waals surface area contributed by atoms with Crippen LogP contribution in [-0.2, 0) is 4.79 Å². The van der Waals surface area contributed by atoms with Gasteiger partial charge >= 0.3 is 0 Å². The summed E-state index contributed by atoms with van der Waals surface area (Å²) in [5.74, 6) is 0.539. The molecule has 0 fully saturated rings. The molecule has 10 heteroatoms. The van der Waals surface area contributed by atoms with Crippen molar-refractivity contribution in [1.29, 1.82) is 0 Å². The molecular formula is C22H16BrClN6OS. The van der Waals surface area contributed by atoms with Crippen LogP contribution < -0.4 is 5.43 Å². The van der Waals surface area contributed by atoms with Crippen LogP contribution in [0.4, 0.5) is 0 Å². The Kier molecular flexibility index (Phi) is 7.31. The Hall–Kier alpha value is -3.01. The van der Waals surface area contributed by atoms with Crippen molar-refractivity contribution < 1.29 is 4.79 Å². The molecule has 1 amide bonds. The molecule has 2 aromatic carbocycles. The zero-order chi connectivity index (χ0) is 22.3. The fraction of sp³-hybridized carbons (Fsp3) is 0.0455. The first-order valence-corrected chi connectivity index (χ1v) is 11.6. The highest BCUT2D eigenvalue weighted by molar-refractivity contribution is 9.10. The highest BCUT2D eigenvalue weighted by atomic mass is 79.9. The highest BCUT2D eigenvalue weighted by Crippen LogP contribution is 2.28. The van der Waals surface area contributed by atoms with E-state index in [1.165, 1.54) is 11.8 Å². The number of nitrogens with one attached hydrogen (secondary N) is 1. The third-order valence-electron chi connectivity index (χ3n) is 4.26. The molecule has 160 valence electrons. The first-order valence-electron chi connectivity index (χ1n) is 9.42. The van der Waals surface area contributed by atoms with Crippen molar-refractivity contribution in [2.75, 3.05) is 5.75 Å². The van der Waals surface area contributed by atoms with Crippen LogP contribution in [0, 0.1) is 0 Å². The largest absolute Gasteiger partial charge is 0.272 e. The molecule has 0 aliphatic rings. The quantitative estimate of drug-likeness (QED) is 0.208. The van der Waals surface area contributed by atoms with Gasteiger partial charge in [-0.05, 0) is 54.1 Å². The van der Waals surface area contributed by atoms with Gasteiger partial charge in [0.15, 0.2) is 11.0 Å². The van der Waals surface area contributed by atoms with E-state index in [2.05, 4.69) is 41.6 Å². The minimum absolute atomic E-state index is 0.128. The van der Waals surface area contributed by atoms with Crippen LogP contribution in [0.1, 0.15) is 5.56 Å². The third-order valence-corrected chi connectivity index (χ3v) is 5.97. The number of thioether (sulfide) groups is 1. The lowest BCUT2D eigenvalue weighted by atomic mass is 10.2. The first-order chi connectivity index (χ1) is 15.6. The number of rotatable bonds is 7. The average molecular weight is 528 g/mol. The molecule has 4 aromatic rings. The molecule has 0 spiro atoms. The summed E-state index contributed by atoms with van der Waals surface area (Å²) in [5.41, 5.74) is 5.12. The van der Waals surface area contributed by atoms with Gasteiger partial charge < -0.3 is 0 Å². The number of carbonyl (C=O) groups excluding carboxylic acids is 1. The summed E-state index contributed by atoms with van der Waals surface area (Å²) in [4.78, 5) is 16.4. The summed E-state index contributed by atoms with van der Waals surface area (Å²) in [7, 11) is 0. The van der Waals surface area contributed by atoms with E-state index in [0.29, 0.717) is 16.0 Å². The van der Waals surface area contributed by atoms with E-state index < -0.39 is 0 Å². The zero-order valence-electron chi connectivity index (χ0n) is 16.5. The van der Waals surface area contributed by atoms with Crippen LogP contribution in [0.2, 0.25) is 5.02 Å². The van der Waals surface area contributed by atoms with E-state index in [9.17, 15) is 4.79 Å². The van der Waals surface area contributed by atoms with Gasteiger partial charge in [-0.15, -0.1) is 10.2 Å². The number of hydrogen-bond donors (Lipinski definition) is 1. The lowest BCUT2D eigenvalue weighted by Crippen LogP contribution is -2.20. The molecule has 0 unspecified atom stereocenters. The number of hydrazone groups is 1. The van der Waals surface area contributed by atoms with Crippen LogP contribution in [0.5, 0.6) is 0 Å². The minimum Gasteiger partial charge on any atom is -0.272 e. The van der Waals surface area contributed by atoms with E-state index >= 15 is 0 Å². The molecule has 0 aliphatic carbocycles. The maximum Gasteiger partial charge on any atom is 0.250 e. The molecule has 4 rings (SSSR count). The molecule has 32 heavy (non-hydrogen) atoms. The molecule has 7 nitrogen and oxygen atoms in total. The van der Waals surface area contributed by atoms with Gasteiger partial charge in [-0.2, -0.15) is 5.10 Å². The Labute approximate surface area is 202 Å². The molecule has 0 bridgehead atoms. The molecule has 1 N–H and O–H groups in total. The molecule has 0 saturated carbocycles. The molecule has 2 aromatic heterocycles. The van der Waals surface area contributed by atoms with E-state index in [1.807, 2.05) is 53.1 Å². The first kappa shape index (κ1) is 22.2. The lowest BCUT2D eigenvalue weighted by molar-refractivity contribution is -0.118. The van der Waals surface area contributed by atoms with Gasteiger partial charge in [0, 0.05) is 33.1 Å². The van der Waals surface area contributed by atoms with Crippen molar-refractivity contribution in [1.82, 2.24) is 25.2 Å². The third kappa shape index (κ3) is 5.61. The Balaban J connectivity index is 1.49. The summed E-state index contributed by atoms with van der Waals surface area (Å²) < 4.78 is 2.88. The normalized spacial score (nSPS) is 11.1. The Morgan fingerprint density at radius 1 is 1.06 bits per heavy atom. The number of benzene rings is 2. The van der Waals surface area contributed by atoms with Gasteiger partial charge in [0.2, 0.25) is 0 Å². The number of hydrogen-bond acceptors (Lipinski definition) is 6. The Morgan fingerprint density at radius 2 is 1.78 bits per heavy atom. The van der Waals surface area contributed by atoms with Gasteiger partial charge in [0.25, 0.3) is 5.91 Å². The number of nitrogens with zero attached hydrogens (tertiary/aromatic N) is 5. The molecule has 0 atom stereocenters. The van der Waals surface area contributed by atoms with Crippen LogP contribution in [0.25, 0.3) is 17.1 Å². The van der Waals surface area contributed by atoms with Gasteiger partial charge in [-0.1, -0.05) is 51.4 Å². The SMILES string of the molecule is O=C(CSc1nnc(-c2ccncc2)n1-c1ccc(Br)cc1)NN=Cc1ccc(Cl)cc1. The predicted octanol–water partition coefficient (Wildman–Crippen LogP) is 4.99. The van der Waals surface area contributed by atoms with E-state index in [-0.39, 0.29) is 11.7 Å². The van der Waals surface area contributed by atoms with Crippen molar-refractivity contribution in [3.63, 3.8) is 0 Å². The summed E-state index contributed by atoms with van der Waals surface area (Å²) in [6, 6.07) is 18.7. The average Bonchev–Trinajstić information content (AvgIpc) is 3.24. The second-order valence-electron chi connectivity index (χ2n) is 6.49.